The van der Waals surface area contributed by atoms with Gasteiger partial charge in [-0.2, -0.15) is 0 Å². The van der Waals surface area contributed by atoms with E-state index in [0.717, 1.165) is 27.8 Å². The van der Waals surface area contributed by atoms with E-state index in [1.165, 1.54) is 4.90 Å². The van der Waals surface area contributed by atoms with Crippen LogP contribution in [0.5, 0.6) is 5.75 Å². The fraction of sp³-hybridized carbons (Fsp3) is 0.185. The molecule has 32 heavy (non-hydrogen) atoms. The number of anilines is 2. The average molecular weight is 427 g/mol. The van der Waals surface area contributed by atoms with Crippen LogP contribution in [0.2, 0.25) is 0 Å². The number of methoxy groups -OCH3 is 1. The van der Waals surface area contributed by atoms with Crippen LogP contribution in [0.15, 0.2) is 66.4 Å². The van der Waals surface area contributed by atoms with Gasteiger partial charge in [-0.15, -0.1) is 0 Å². The summed E-state index contributed by atoms with van der Waals surface area (Å²) in [5, 5.41) is 3.20. The zero-order valence-corrected chi connectivity index (χ0v) is 18.9. The molecule has 3 aromatic carbocycles. The van der Waals surface area contributed by atoms with Gasteiger partial charge >= 0.3 is 0 Å². The van der Waals surface area contributed by atoms with Gasteiger partial charge in [0.25, 0.3) is 11.8 Å². The topological polar surface area (TPSA) is 58.6 Å². The Morgan fingerprint density at radius 3 is 2.00 bits per heavy atom. The predicted octanol–water partition coefficient (Wildman–Crippen LogP) is 5.33. The third-order valence-corrected chi connectivity index (χ3v) is 5.56. The van der Waals surface area contributed by atoms with Crippen molar-refractivity contribution >= 4 is 28.8 Å². The average Bonchev–Trinajstić information content (AvgIpc) is 2.97. The van der Waals surface area contributed by atoms with Crippen molar-refractivity contribution in [2.24, 2.45) is 0 Å². The van der Waals surface area contributed by atoms with Crippen molar-refractivity contribution in [3.8, 4) is 5.75 Å². The van der Waals surface area contributed by atoms with Crippen LogP contribution in [0.3, 0.4) is 0 Å². The number of carbonyl (C=O) groups excluding carboxylic acids is 2. The monoisotopic (exact) mass is 426 g/mol. The molecule has 162 valence electrons. The second kappa shape index (κ2) is 8.35. The molecule has 2 amide bonds. The second-order valence-electron chi connectivity index (χ2n) is 8.21. The fourth-order valence-corrected chi connectivity index (χ4v) is 4.12. The number of hydrogen-bond acceptors (Lipinski definition) is 4. The lowest BCUT2D eigenvalue weighted by Crippen LogP contribution is -2.32. The van der Waals surface area contributed by atoms with E-state index in [9.17, 15) is 9.59 Å². The molecule has 0 radical (unpaired) electrons. The Morgan fingerprint density at radius 2 is 1.41 bits per heavy atom. The van der Waals surface area contributed by atoms with Crippen LogP contribution in [-0.4, -0.2) is 18.9 Å². The Hall–Kier alpha value is -3.86. The molecule has 0 saturated carbocycles. The molecule has 0 aromatic heterocycles. The molecule has 1 N–H and O–H groups in total. The Kier molecular flexibility index (Phi) is 5.57. The first kappa shape index (κ1) is 21.4. The van der Waals surface area contributed by atoms with Gasteiger partial charge in [-0.25, -0.2) is 4.90 Å². The van der Waals surface area contributed by atoms with Crippen molar-refractivity contribution in [3.63, 3.8) is 0 Å². The predicted molar refractivity (Wildman–Crippen MR) is 128 cm³/mol. The van der Waals surface area contributed by atoms with Crippen LogP contribution in [0.1, 0.15) is 27.8 Å². The van der Waals surface area contributed by atoms with Gasteiger partial charge < -0.3 is 10.1 Å². The Labute approximate surface area is 188 Å². The van der Waals surface area contributed by atoms with Crippen molar-refractivity contribution in [1.29, 1.82) is 0 Å². The smallest absolute Gasteiger partial charge is 0.282 e. The Bertz CT molecular complexity index is 1240. The molecule has 0 spiro atoms. The number of nitrogens with zero attached hydrogens (tertiary/aromatic N) is 1. The summed E-state index contributed by atoms with van der Waals surface area (Å²) in [6, 6.07) is 18.9. The lowest BCUT2D eigenvalue weighted by Gasteiger charge is -2.17. The lowest BCUT2D eigenvalue weighted by molar-refractivity contribution is -0.120. The van der Waals surface area contributed by atoms with Crippen molar-refractivity contribution < 1.29 is 14.3 Å². The van der Waals surface area contributed by atoms with Gasteiger partial charge in [-0.1, -0.05) is 29.8 Å². The summed E-state index contributed by atoms with van der Waals surface area (Å²) in [5.74, 6) is 0.0126. The number of rotatable bonds is 5. The van der Waals surface area contributed by atoms with E-state index in [2.05, 4.69) is 5.32 Å². The maximum absolute atomic E-state index is 13.7. The van der Waals surface area contributed by atoms with E-state index in [1.54, 1.807) is 7.11 Å². The summed E-state index contributed by atoms with van der Waals surface area (Å²) in [5.41, 5.74) is 6.69. The van der Waals surface area contributed by atoms with E-state index >= 15 is 0 Å². The van der Waals surface area contributed by atoms with E-state index in [4.69, 9.17) is 4.74 Å². The summed E-state index contributed by atoms with van der Waals surface area (Å²) in [7, 11) is 1.60. The van der Waals surface area contributed by atoms with Gasteiger partial charge in [0.05, 0.1) is 18.4 Å². The van der Waals surface area contributed by atoms with Crippen molar-refractivity contribution in [2.75, 3.05) is 17.3 Å². The van der Waals surface area contributed by atoms with E-state index < -0.39 is 0 Å². The van der Waals surface area contributed by atoms with E-state index in [-0.39, 0.29) is 17.5 Å². The van der Waals surface area contributed by atoms with E-state index in [1.807, 2.05) is 88.4 Å². The maximum atomic E-state index is 13.7. The minimum absolute atomic E-state index is 0.270. The van der Waals surface area contributed by atoms with Crippen LogP contribution in [-0.2, 0) is 9.59 Å². The highest BCUT2D eigenvalue weighted by Gasteiger charge is 2.40. The minimum Gasteiger partial charge on any atom is -0.497 e. The number of hydrogen-bond donors (Lipinski definition) is 1. The van der Waals surface area contributed by atoms with Crippen molar-refractivity contribution in [1.82, 2.24) is 0 Å². The molecule has 0 unspecified atom stereocenters. The third-order valence-electron chi connectivity index (χ3n) is 5.56. The number of carbonyl (C=O) groups is 2. The molecule has 3 aromatic rings. The van der Waals surface area contributed by atoms with Crippen LogP contribution in [0.25, 0.3) is 5.57 Å². The van der Waals surface area contributed by atoms with Gasteiger partial charge in [0.1, 0.15) is 11.4 Å². The van der Waals surface area contributed by atoms with Gasteiger partial charge in [0.15, 0.2) is 0 Å². The van der Waals surface area contributed by atoms with Crippen molar-refractivity contribution in [3.05, 3.63) is 94.2 Å². The zero-order valence-electron chi connectivity index (χ0n) is 18.9. The highest BCUT2D eigenvalue weighted by atomic mass is 16.5. The van der Waals surface area contributed by atoms with Gasteiger partial charge in [0, 0.05) is 5.69 Å². The molecular formula is C27H26N2O3. The summed E-state index contributed by atoms with van der Waals surface area (Å²) < 4.78 is 5.22. The normalized spacial score (nSPS) is 13.7. The highest BCUT2D eigenvalue weighted by Crippen LogP contribution is 2.36. The lowest BCUT2D eigenvalue weighted by atomic mass is 9.97. The first-order valence-corrected chi connectivity index (χ1v) is 10.5. The minimum atomic E-state index is -0.370. The van der Waals surface area contributed by atoms with E-state index in [0.29, 0.717) is 22.7 Å². The zero-order chi connectivity index (χ0) is 23.0. The number of ether oxygens (including phenoxy) is 1. The molecule has 0 atom stereocenters. The van der Waals surface area contributed by atoms with Crippen molar-refractivity contribution in [2.45, 2.75) is 27.7 Å². The second-order valence-corrected chi connectivity index (χ2v) is 8.21. The summed E-state index contributed by atoms with van der Waals surface area (Å²) in [4.78, 5) is 28.5. The van der Waals surface area contributed by atoms with Crippen LogP contribution in [0, 0.1) is 27.7 Å². The molecule has 1 heterocycles. The number of benzene rings is 3. The molecule has 5 heteroatoms. The molecule has 1 aliphatic heterocycles. The fourth-order valence-electron chi connectivity index (χ4n) is 4.12. The highest BCUT2D eigenvalue weighted by molar-refractivity contribution is 6.46. The standard InChI is InChI=1S/C27H26N2O3/c1-16-6-11-23(19(4)13-16)24-25(28-20-7-9-22(32-5)10-8-20)27(31)29(26(24)30)21-14-17(2)12-18(3)15-21/h6-15,28H,1-5H3. The molecule has 0 aliphatic carbocycles. The van der Waals surface area contributed by atoms with Gasteiger partial charge in [-0.3, -0.25) is 9.59 Å². The number of imide groups is 1. The number of nitrogens with one attached hydrogen (secondary N) is 1. The first-order chi connectivity index (χ1) is 15.3. The molecule has 0 fully saturated rings. The molecule has 0 bridgehead atoms. The summed E-state index contributed by atoms with van der Waals surface area (Å²) in [6.07, 6.45) is 0. The molecule has 0 saturated heterocycles. The number of aryl methyl sites for hydroxylation is 4. The third kappa shape index (κ3) is 3.89. The SMILES string of the molecule is COc1ccc(NC2=C(c3ccc(C)cc3C)C(=O)N(c3cc(C)cc(C)c3)C2=O)cc1. The quantitative estimate of drug-likeness (QED) is 0.561. The Morgan fingerprint density at radius 1 is 0.750 bits per heavy atom. The van der Waals surface area contributed by atoms with Crippen LogP contribution in [0.4, 0.5) is 11.4 Å². The molecule has 1 aliphatic rings. The van der Waals surface area contributed by atoms with Crippen LogP contribution >= 0.6 is 0 Å². The van der Waals surface area contributed by atoms with Gasteiger partial charge in [0.2, 0.25) is 0 Å². The molecular weight excluding hydrogens is 400 g/mol. The molecule has 5 nitrogen and oxygen atoms in total. The first-order valence-electron chi connectivity index (χ1n) is 10.5. The largest absolute Gasteiger partial charge is 0.497 e. The van der Waals surface area contributed by atoms with Crippen LogP contribution < -0.4 is 15.0 Å². The molecule has 4 rings (SSSR count). The summed E-state index contributed by atoms with van der Waals surface area (Å²) in [6.45, 7) is 7.87. The Balaban J connectivity index is 1.85. The maximum Gasteiger partial charge on any atom is 0.282 e. The number of amides is 2. The summed E-state index contributed by atoms with van der Waals surface area (Å²) >= 11 is 0. The van der Waals surface area contributed by atoms with Gasteiger partial charge in [-0.05, 0) is 86.3 Å².